The Bertz CT molecular complexity index is 895. The summed E-state index contributed by atoms with van der Waals surface area (Å²) in [6, 6.07) is 8.13. The fourth-order valence-corrected chi connectivity index (χ4v) is 4.82. The van der Waals surface area contributed by atoms with Gasteiger partial charge in [-0.05, 0) is 87.2 Å². The van der Waals surface area contributed by atoms with Crippen LogP contribution in [0.15, 0.2) is 53.8 Å². The van der Waals surface area contributed by atoms with Crippen LogP contribution in [0.1, 0.15) is 69.8 Å². The van der Waals surface area contributed by atoms with Crippen molar-refractivity contribution < 1.29 is 9.53 Å². The topological polar surface area (TPSA) is 44.8 Å². The van der Waals surface area contributed by atoms with Gasteiger partial charge in [0.05, 0.1) is 12.2 Å². The molecule has 0 bridgehead atoms. The maximum atomic E-state index is 12.8. The number of likely N-dealkylation sites (N-methyl/N-ethyl adjacent to an activating group) is 1. The van der Waals surface area contributed by atoms with Gasteiger partial charge in [-0.15, -0.1) is 0 Å². The van der Waals surface area contributed by atoms with E-state index in [1.165, 1.54) is 16.8 Å². The monoisotopic (exact) mass is 499 g/mol. The van der Waals surface area contributed by atoms with Crippen molar-refractivity contribution in [3.05, 3.63) is 64.9 Å². The van der Waals surface area contributed by atoms with Crippen molar-refractivity contribution in [1.29, 1.82) is 0 Å². The van der Waals surface area contributed by atoms with Crippen LogP contribution >= 0.6 is 11.9 Å². The lowest BCUT2D eigenvalue weighted by atomic mass is 9.83. The molecule has 1 fully saturated rings. The van der Waals surface area contributed by atoms with Gasteiger partial charge in [0.15, 0.2) is 0 Å². The Labute approximate surface area is 217 Å². The van der Waals surface area contributed by atoms with Gasteiger partial charge in [-0.25, -0.2) is 0 Å². The summed E-state index contributed by atoms with van der Waals surface area (Å²) in [6.45, 7) is 14.2. The molecule has 0 saturated carbocycles. The largest absolute Gasteiger partial charge is 0.366 e. The highest BCUT2D eigenvalue weighted by Crippen LogP contribution is 2.38. The Hall–Kier alpha value is -2.02. The molecule has 0 atom stereocenters. The number of benzene rings is 1. The van der Waals surface area contributed by atoms with E-state index in [9.17, 15) is 4.79 Å². The molecule has 0 radical (unpaired) electrons. The predicted octanol–water partition coefficient (Wildman–Crippen LogP) is 6.16. The zero-order valence-electron chi connectivity index (χ0n) is 22.8. The second kappa shape index (κ2) is 14.5. The summed E-state index contributed by atoms with van der Waals surface area (Å²) in [6.07, 6.45) is 11.9. The third kappa shape index (κ3) is 7.48. The number of nitrogens with one attached hydrogen (secondary N) is 1. The summed E-state index contributed by atoms with van der Waals surface area (Å²) in [5.41, 5.74) is 5.26. The molecule has 0 unspecified atom stereocenters. The molecule has 0 aliphatic carbocycles. The number of piperidine rings is 1. The predicted molar refractivity (Wildman–Crippen MR) is 152 cm³/mol. The van der Waals surface area contributed by atoms with E-state index in [1.54, 1.807) is 11.9 Å². The van der Waals surface area contributed by atoms with Gasteiger partial charge >= 0.3 is 0 Å². The highest BCUT2D eigenvalue weighted by molar-refractivity contribution is 7.96. The van der Waals surface area contributed by atoms with Crippen molar-refractivity contribution in [2.24, 2.45) is 0 Å². The van der Waals surface area contributed by atoms with E-state index >= 15 is 0 Å². The molecule has 1 spiro atoms. The van der Waals surface area contributed by atoms with Crippen molar-refractivity contribution in [3.63, 3.8) is 0 Å². The maximum Gasteiger partial charge on any atom is 0.253 e. The van der Waals surface area contributed by atoms with Crippen molar-refractivity contribution in [2.45, 2.75) is 59.5 Å². The molecule has 35 heavy (non-hydrogen) atoms. The van der Waals surface area contributed by atoms with E-state index in [1.807, 2.05) is 44.7 Å². The summed E-state index contributed by atoms with van der Waals surface area (Å²) in [7, 11) is 2.10. The lowest BCUT2D eigenvalue weighted by molar-refractivity contribution is -0.0199. The average Bonchev–Trinajstić information content (AvgIpc) is 2.91. The Kier molecular flexibility index (Phi) is 12.1. The quantitative estimate of drug-likeness (QED) is 0.434. The van der Waals surface area contributed by atoms with E-state index in [-0.39, 0.29) is 11.5 Å². The summed E-state index contributed by atoms with van der Waals surface area (Å²) >= 11 is 1.70. The molecular formula is C29H45N3O2S. The number of hydrogen-bond acceptors (Lipinski definition) is 5. The summed E-state index contributed by atoms with van der Waals surface area (Å²) in [4.78, 5) is 14.6. The Morgan fingerprint density at radius 2 is 1.74 bits per heavy atom. The number of allylic oxidation sites excluding steroid dienone is 2. The minimum absolute atomic E-state index is 0.0906. The molecule has 1 saturated heterocycles. The molecule has 6 heteroatoms. The third-order valence-electron chi connectivity index (χ3n) is 6.58. The van der Waals surface area contributed by atoms with Crippen molar-refractivity contribution in [3.8, 4) is 0 Å². The van der Waals surface area contributed by atoms with Crippen molar-refractivity contribution >= 4 is 23.4 Å². The number of nitrogens with zero attached hydrogens (tertiary/aromatic N) is 2. The fraction of sp³-hybridized carbons (Fsp3) is 0.552. The van der Waals surface area contributed by atoms with Gasteiger partial charge < -0.3 is 19.3 Å². The van der Waals surface area contributed by atoms with Gasteiger partial charge in [-0.2, -0.15) is 0 Å². The molecule has 5 nitrogen and oxygen atoms in total. The first kappa shape index (κ1) is 29.2. The second-order valence-electron chi connectivity index (χ2n) is 8.60. The van der Waals surface area contributed by atoms with Crippen LogP contribution in [-0.4, -0.2) is 66.8 Å². The van der Waals surface area contributed by atoms with Gasteiger partial charge in [-0.3, -0.25) is 4.79 Å². The van der Waals surface area contributed by atoms with Crippen LogP contribution in [0, 0.1) is 0 Å². The maximum absolute atomic E-state index is 12.8. The lowest BCUT2D eigenvalue weighted by Gasteiger charge is -2.40. The molecule has 2 heterocycles. The SMILES string of the molecule is CC.CC/C=C(\C=C1/COC2(C=C1c1ccc(C(=O)N(CC)CC)cc1)CCNCC2)N(C)SC. The molecule has 2 aliphatic rings. The first-order valence-corrected chi connectivity index (χ1v) is 14.3. The number of carbonyl (C=O) groups excluding carboxylic acids is 1. The first-order valence-electron chi connectivity index (χ1n) is 13.1. The first-order chi connectivity index (χ1) is 17.0. The molecule has 1 aromatic rings. The molecule has 2 aliphatic heterocycles. The molecule has 194 valence electrons. The summed E-state index contributed by atoms with van der Waals surface area (Å²) in [5, 5.41) is 3.45. The zero-order valence-corrected chi connectivity index (χ0v) is 23.6. The van der Waals surface area contributed by atoms with Crippen LogP contribution in [-0.2, 0) is 4.74 Å². The van der Waals surface area contributed by atoms with Crippen LogP contribution in [0.25, 0.3) is 5.57 Å². The fourth-order valence-electron chi connectivity index (χ4n) is 4.48. The van der Waals surface area contributed by atoms with Gasteiger partial charge in [0.25, 0.3) is 5.91 Å². The number of amides is 1. The number of hydrogen-bond donors (Lipinski definition) is 1. The van der Waals surface area contributed by atoms with Gasteiger partial charge in [0, 0.05) is 37.7 Å². The van der Waals surface area contributed by atoms with Crippen molar-refractivity contribution in [1.82, 2.24) is 14.5 Å². The highest BCUT2D eigenvalue weighted by atomic mass is 32.2. The second-order valence-corrected chi connectivity index (χ2v) is 9.52. The van der Waals surface area contributed by atoms with Gasteiger partial charge in [-0.1, -0.05) is 50.9 Å². The Morgan fingerprint density at radius 3 is 2.29 bits per heavy atom. The smallest absolute Gasteiger partial charge is 0.253 e. The molecule has 1 aromatic carbocycles. The molecule has 1 N–H and O–H groups in total. The van der Waals surface area contributed by atoms with E-state index in [0.29, 0.717) is 6.61 Å². The van der Waals surface area contributed by atoms with Gasteiger partial charge in [0.2, 0.25) is 0 Å². The van der Waals surface area contributed by atoms with E-state index < -0.39 is 0 Å². The van der Waals surface area contributed by atoms with Crippen LogP contribution < -0.4 is 5.32 Å². The van der Waals surface area contributed by atoms with E-state index in [0.717, 1.165) is 56.6 Å². The Balaban J connectivity index is 0.00000210. The van der Waals surface area contributed by atoms with Crippen LogP contribution in [0.2, 0.25) is 0 Å². The van der Waals surface area contributed by atoms with Crippen LogP contribution in [0.5, 0.6) is 0 Å². The minimum Gasteiger partial charge on any atom is -0.366 e. The van der Waals surface area contributed by atoms with E-state index in [4.69, 9.17) is 4.74 Å². The summed E-state index contributed by atoms with van der Waals surface area (Å²) in [5.74, 6) is 0.0906. The molecule has 1 amide bonds. The number of ether oxygens (including phenoxy) is 1. The van der Waals surface area contributed by atoms with Crippen molar-refractivity contribution in [2.75, 3.05) is 46.1 Å². The lowest BCUT2D eigenvalue weighted by Crippen LogP contribution is -2.44. The highest BCUT2D eigenvalue weighted by Gasteiger charge is 2.35. The zero-order chi connectivity index (χ0) is 25.8. The normalized spacial score (nSPS) is 18.5. The van der Waals surface area contributed by atoms with Gasteiger partial charge in [0.1, 0.15) is 0 Å². The van der Waals surface area contributed by atoms with Crippen LogP contribution in [0.3, 0.4) is 0 Å². The minimum atomic E-state index is -0.215. The van der Waals surface area contributed by atoms with Crippen LogP contribution in [0.4, 0.5) is 0 Å². The number of carbonyl (C=O) groups is 1. The number of rotatable bonds is 8. The standard InChI is InChI=1S/C27H39N3O2S.C2H6/c1-6-9-24(29(4)33-5)18-23-20-32-27(14-16-28-17-15-27)19-25(23)21-10-12-22(13-11-21)26(31)30(7-2)8-3;1-2/h9-13,18-19,28H,6-8,14-17,20H2,1-5H3;1-2H3/b23-18+,24-9+;. The Morgan fingerprint density at radius 1 is 1.11 bits per heavy atom. The van der Waals surface area contributed by atoms with E-state index in [2.05, 4.69) is 60.2 Å². The molecule has 3 rings (SSSR count). The average molecular weight is 500 g/mol. The molecular weight excluding hydrogens is 454 g/mol. The third-order valence-corrected chi connectivity index (χ3v) is 7.34. The summed E-state index contributed by atoms with van der Waals surface area (Å²) < 4.78 is 8.68. The molecule has 0 aromatic heterocycles.